The molecular weight excluding hydrogens is 406 g/mol. The molecule has 2 aliphatic rings. The fraction of sp³-hybridized carbons (Fsp3) is 0.200. The van der Waals surface area contributed by atoms with E-state index in [1.54, 1.807) is 23.5 Å². The normalized spacial score (nSPS) is 15.9. The molecule has 0 bridgehead atoms. The highest BCUT2D eigenvalue weighted by Gasteiger charge is 2.31. The minimum atomic E-state index is -0.610. The van der Waals surface area contributed by atoms with Crippen LogP contribution < -0.4 is 21.5 Å². The summed E-state index contributed by atoms with van der Waals surface area (Å²) in [4.78, 5) is 43.3. The predicted octanol–water partition coefficient (Wildman–Crippen LogP) is 1.26. The number of nitrogens with zero attached hydrogens (tertiary/aromatic N) is 3. The van der Waals surface area contributed by atoms with Gasteiger partial charge in [-0.15, -0.1) is 11.3 Å². The van der Waals surface area contributed by atoms with Crippen LogP contribution in [-0.4, -0.2) is 47.7 Å². The quantitative estimate of drug-likeness (QED) is 0.609. The first-order chi connectivity index (χ1) is 14.5. The van der Waals surface area contributed by atoms with E-state index in [4.69, 9.17) is 15.5 Å². The highest BCUT2D eigenvalue weighted by molar-refractivity contribution is 7.14. The lowest BCUT2D eigenvalue weighted by atomic mass is 10.1. The molecule has 3 N–H and O–H groups in total. The van der Waals surface area contributed by atoms with Gasteiger partial charge in [0.25, 0.3) is 17.4 Å². The number of aromatic nitrogens is 2. The van der Waals surface area contributed by atoms with E-state index >= 15 is 0 Å². The Morgan fingerprint density at radius 1 is 1.07 bits per heavy atom. The summed E-state index contributed by atoms with van der Waals surface area (Å²) in [5, 5.41) is 5.10. The number of fused-ring (bicyclic) bond motifs is 1. The summed E-state index contributed by atoms with van der Waals surface area (Å²) in [5.41, 5.74) is 7.87. The number of carbonyl (C=O) groups is 2. The van der Waals surface area contributed by atoms with E-state index in [2.05, 4.69) is 10.2 Å². The molecule has 0 spiro atoms. The van der Waals surface area contributed by atoms with Crippen molar-refractivity contribution in [1.29, 1.82) is 0 Å². The van der Waals surface area contributed by atoms with Gasteiger partial charge in [0.1, 0.15) is 5.82 Å². The maximum absolute atomic E-state index is 12.6. The molecule has 3 aromatic rings. The third-order valence-corrected chi connectivity index (χ3v) is 6.05. The number of hydrogen-bond acceptors (Lipinski definition) is 8. The highest BCUT2D eigenvalue weighted by atomic mass is 32.1. The number of thiazole rings is 1. The number of imide groups is 1. The van der Waals surface area contributed by atoms with Crippen LogP contribution in [0.3, 0.4) is 0 Å². The standard InChI is InChI=1S/C20H17N5O4S/c21-17-16-13(18(27)23-19(16)28)9-15(26)25(17)12-3-1-11(2-4-12)14-10-30-20(22-14)24-5-7-29-8-6-24/h1-4,9-10H,5-8,21H2,(H,23,27,28). The smallest absolute Gasteiger partial charge is 0.262 e. The van der Waals surface area contributed by atoms with Gasteiger partial charge in [-0.2, -0.15) is 0 Å². The SMILES string of the molecule is Nc1c2c(cc(=O)n1-c1ccc(-c3csc(N4CCOCC4)n3)cc1)C(=O)NC2=O. The van der Waals surface area contributed by atoms with Crippen LogP contribution in [0.15, 0.2) is 40.5 Å². The number of nitrogens with two attached hydrogens (primary N) is 1. The maximum atomic E-state index is 12.6. The summed E-state index contributed by atoms with van der Waals surface area (Å²) in [6.07, 6.45) is 0. The minimum absolute atomic E-state index is 0.00786. The Kier molecular flexibility index (Phi) is 4.37. The predicted molar refractivity (Wildman–Crippen MR) is 112 cm³/mol. The largest absolute Gasteiger partial charge is 0.384 e. The summed E-state index contributed by atoms with van der Waals surface area (Å²) >= 11 is 1.58. The van der Waals surface area contributed by atoms with Crippen LogP contribution in [0.5, 0.6) is 0 Å². The molecule has 0 atom stereocenters. The van der Waals surface area contributed by atoms with Gasteiger partial charge in [0, 0.05) is 30.1 Å². The first kappa shape index (κ1) is 18.5. The molecule has 4 heterocycles. The van der Waals surface area contributed by atoms with E-state index in [0.717, 1.165) is 35.5 Å². The zero-order valence-corrected chi connectivity index (χ0v) is 16.6. The van der Waals surface area contributed by atoms with E-state index < -0.39 is 17.4 Å². The monoisotopic (exact) mass is 423 g/mol. The molecular formula is C20H17N5O4S. The molecule has 2 aromatic heterocycles. The Balaban J connectivity index is 1.47. The lowest BCUT2D eigenvalue weighted by Crippen LogP contribution is -2.36. The van der Waals surface area contributed by atoms with Gasteiger partial charge in [-0.25, -0.2) is 4.98 Å². The molecule has 0 saturated carbocycles. The van der Waals surface area contributed by atoms with Crippen LogP contribution in [0.1, 0.15) is 20.7 Å². The fourth-order valence-corrected chi connectivity index (χ4v) is 4.51. The number of amides is 2. The second-order valence-corrected chi connectivity index (χ2v) is 7.77. The topological polar surface area (TPSA) is 120 Å². The zero-order chi connectivity index (χ0) is 20.8. The number of anilines is 2. The highest BCUT2D eigenvalue weighted by Crippen LogP contribution is 2.29. The Morgan fingerprint density at radius 3 is 2.53 bits per heavy atom. The maximum Gasteiger partial charge on any atom is 0.262 e. The molecule has 0 unspecified atom stereocenters. The van der Waals surface area contributed by atoms with E-state index in [1.807, 2.05) is 17.5 Å². The molecule has 1 saturated heterocycles. The molecule has 2 amide bonds. The van der Waals surface area contributed by atoms with Gasteiger partial charge in [0.2, 0.25) is 0 Å². The molecule has 10 heteroatoms. The Bertz CT molecular complexity index is 1220. The summed E-state index contributed by atoms with van der Waals surface area (Å²) in [5.74, 6) is -1.27. The van der Waals surface area contributed by atoms with E-state index in [1.165, 1.54) is 4.57 Å². The lowest BCUT2D eigenvalue weighted by Gasteiger charge is -2.26. The van der Waals surface area contributed by atoms with Crippen molar-refractivity contribution in [2.45, 2.75) is 0 Å². The van der Waals surface area contributed by atoms with Gasteiger partial charge in [-0.1, -0.05) is 12.1 Å². The van der Waals surface area contributed by atoms with Crippen LogP contribution in [0.25, 0.3) is 16.9 Å². The summed E-state index contributed by atoms with van der Waals surface area (Å²) < 4.78 is 6.60. The number of nitrogen functional groups attached to an aromatic ring is 1. The van der Waals surface area contributed by atoms with E-state index in [0.29, 0.717) is 18.9 Å². The van der Waals surface area contributed by atoms with Crippen molar-refractivity contribution in [2.24, 2.45) is 0 Å². The van der Waals surface area contributed by atoms with Crippen molar-refractivity contribution in [3.05, 3.63) is 57.2 Å². The van der Waals surface area contributed by atoms with E-state index in [9.17, 15) is 14.4 Å². The van der Waals surface area contributed by atoms with Crippen molar-refractivity contribution in [2.75, 3.05) is 36.9 Å². The van der Waals surface area contributed by atoms with Gasteiger partial charge < -0.3 is 15.4 Å². The Morgan fingerprint density at radius 2 is 1.80 bits per heavy atom. The number of nitrogens with one attached hydrogen (secondary N) is 1. The first-order valence-corrected chi connectivity index (χ1v) is 10.2. The van der Waals surface area contributed by atoms with Crippen LogP contribution in [-0.2, 0) is 4.74 Å². The van der Waals surface area contributed by atoms with Crippen LogP contribution >= 0.6 is 11.3 Å². The van der Waals surface area contributed by atoms with Crippen LogP contribution in [0.4, 0.5) is 10.9 Å². The third-order valence-electron chi connectivity index (χ3n) is 5.15. The van der Waals surface area contributed by atoms with Gasteiger partial charge in [0.05, 0.1) is 35.7 Å². The average Bonchev–Trinajstić information content (AvgIpc) is 3.34. The van der Waals surface area contributed by atoms with Gasteiger partial charge in [-0.05, 0) is 12.1 Å². The van der Waals surface area contributed by atoms with Crippen molar-refractivity contribution in [1.82, 2.24) is 14.9 Å². The van der Waals surface area contributed by atoms with E-state index in [-0.39, 0.29) is 16.9 Å². The Hall–Kier alpha value is -3.50. The number of morpholine rings is 1. The van der Waals surface area contributed by atoms with Crippen molar-refractivity contribution in [3.8, 4) is 16.9 Å². The first-order valence-electron chi connectivity index (χ1n) is 9.33. The summed E-state index contributed by atoms with van der Waals surface area (Å²) in [6, 6.07) is 8.30. The molecule has 1 fully saturated rings. The molecule has 9 nitrogen and oxygen atoms in total. The minimum Gasteiger partial charge on any atom is -0.384 e. The number of benzene rings is 1. The summed E-state index contributed by atoms with van der Waals surface area (Å²) in [7, 11) is 0. The van der Waals surface area contributed by atoms with Crippen molar-refractivity contribution < 1.29 is 14.3 Å². The summed E-state index contributed by atoms with van der Waals surface area (Å²) in [6.45, 7) is 3.04. The Labute approximate surface area is 174 Å². The number of hydrogen-bond donors (Lipinski definition) is 2. The number of carbonyl (C=O) groups excluding carboxylic acids is 2. The second-order valence-electron chi connectivity index (χ2n) is 6.94. The third kappa shape index (κ3) is 2.97. The molecule has 5 rings (SSSR count). The van der Waals surface area contributed by atoms with Gasteiger partial charge in [-0.3, -0.25) is 24.3 Å². The molecule has 2 aliphatic heterocycles. The van der Waals surface area contributed by atoms with Crippen LogP contribution in [0, 0.1) is 0 Å². The molecule has 0 radical (unpaired) electrons. The lowest BCUT2D eigenvalue weighted by molar-refractivity contribution is 0.0880. The zero-order valence-electron chi connectivity index (χ0n) is 15.8. The van der Waals surface area contributed by atoms with Crippen molar-refractivity contribution in [3.63, 3.8) is 0 Å². The van der Waals surface area contributed by atoms with Gasteiger partial charge >= 0.3 is 0 Å². The second kappa shape index (κ2) is 7.08. The molecule has 0 aliphatic carbocycles. The van der Waals surface area contributed by atoms with Gasteiger partial charge in [0.15, 0.2) is 5.13 Å². The molecule has 1 aromatic carbocycles. The van der Waals surface area contributed by atoms with Crippen LogP contribution in [0.2, 0.25) is 0 Å². The fourth-order valence-electron chi connectivity index (χ4n) is 3.62. The average molecular weight is 423 g/mol. The molecule has 152 valence electrons. The van der Waals surface area contributed by atoms with Crippen molar-refractivity contribution >= 4 is 34.1 Å². The number of rotatable bonds is 3. The number of pyridine rings is 1. The molecule has 30 heavy (non-hydrogen) atoms. The number of ether oxygens (including phenoxy) is 1.